The molecule has 2 saturated carbocycles. The lowest BCUT2D eigenvalue weighted by Gasteiger charge is -2.16. The molecule has 2 N–H and O–H groups in total. The molecule has 0 aromatic heterocycles. The second kappa shape index (κ2) is 8.13. The highest BCUT2D eigenvalue weighted by atomic mass is 16.5. The van der Waals surface area contributed by atoms with E-state index in [1.54, 1.807) is 0 Å². The van der Waals surface area contributed by atoms with Crippen LogP contribution in [0.4, 0.5) is 0 Å². The van der Waals surface area contributed by atoms with E-state index in [-0.39, 0.29) is 17.6 Å². The summed E-state index contributed by atoms with van der Waals surface area (Å²) in [5, 5.41) is 18.7. The number of hydrogen-bond donors (Lipinski definition) is 2. The fourth-order valence-electron chi connectivity index (χ4n) is 3.45. The number of carbonyl (C=O) groups excluding carboxylic acids is 1. The first-order valence-corrected chi connectivity index (χ1v) is 8.34. The van der Waals surface area contributed by atoms with Crippen LogP contribution in [0.1, 0.15) is 57.8 Å². The van der Waals surface area contributed by atoms with Crippen molar-refractivity contribution < 1.29 is 29.3 Å². The molecule has 0 heterocycles. The van der Waals surface area contributed by atoms with Crippen molar-refractivity contribution >= 4 is 17.9 Å². The van der Waals surface area contributed by atoms with E-state index < -0.39 is 30.2 Å². The zero-order valence-electron chi connectivity index (χ0n) is 13.2. The van der Waals surface area contributed by atoms with Crippen LogP contribution in [0, 0.1) is 11.8 Å². The van der Waals surface area contributed by atoms with Crippen molar-refractivity contribution in [3.63, 3.8) is 0 Å². The van der Waals surface area contributed by atoms with Gasteiger partial charge in [0.2, 0.25) is 0 Å². The largest absolute Gasteiger partial charge is 0.481 e. The summed E-state index contributed by atoms with van der Waals surface area (Å²) in [5.41, 5.74) is -0.187. The maximum Gasteiger partial charge on any atom is 0.332 e. The van der Waals surface area contributed by atoms with Gasteiger partial charge in [-0.15, -0.1) is 0 Å². The van der Waals surface area contributed by atoms with Crippen LogP contribution in [0.3, 0.4) is 0 Å². The molecule has 0 bridgehead atoms. The Morgan fingerprint density at radius 3 is 2.09 bits per heavy atom. The quantitative estimate of drug-likeness (QED) is 0.551. The second-order valence-corrected chi connectivity index (χ2v) is 6.46. The van der Waals surface area contributed by atoms with Gasteiger partial charge in [-0.25, -0.2) is 4.79 Å². The van der Waals surface area contributed by atoms with Crippen molar-refractivity contribution in [2.45, 2.75) is 63.9 Å². The molecule has 2 fully saturated rings. The van der Waals surface area contributed by atoms with Gasteiger partial charge in [-0.05, 0) is 44.4 Å². The lowest BCUT2D eigenvalue weighted by molar-refractivity contribution is -0.154. The molecule has 2 aliphatic carbocycles. The van der Waals surface area contributed by atoms with Crippen LogP contribution in [0.5, 0.6) is 0 Å². The summed E-state index contributed by atoms with van der Waals surface area (Å²) in [6.45, 7) is 0. The number of carbonyl (C=O) groups is 3. The van der Waals surface area contributed by atoms with Crippen LogP contribution in [0.15, 0.2) is 11.6 Å². The molecule has 0 amide bonds. The zero-order chi connectivity index (χ0) is 16.8. The minimum Gasteiger partial charge on any atom is -0.481 e. The van der Waals surface area contributed by atoms with Crippen molar-refractivity contribution in [2.24, 2.45) is 11.8 Å². The van der Waals surface area contributed by atoms with Gasteiger partial charge >= 0.3 is 17.9 Å². The van der Waals surface area contributed by atoms with Crippen LogP contribution in [0.2, 0.25) is 0 Å². The van der Waals surface area contributed by atoms with Gasteiger partial charge in [0.1, 0.15) is 6.10 Å². The number of carboxylic acid groups (broad SMARTS) is 2. The Labute approximate surface area is 135 Å². The number of allylic oxidation sites excluding steroid dienone is 1. The normalized spacial score (nSPS) is 21.3. The molecule has 6 nitrogen and oxygen atoms in total. The fraction of sp³-hybridized carbons (Fsp3) is 0.706. The van der Waals surface area contributed by atoms with Crippen molar-refractivity contribution in [2.75, 3.05) is 0 Å². The van der Waals surface area contributed by atoms with Crippen LogP contribution in [-0.2, 0) is 19.1 Å². The molecule has 1 atom stereocenters. The van der Waals surface area contributed by atoms with Gasteiger partial charge in [-0.1, -0.05) is 18.9 Å². The van der Waals surface area contributed by atoms with E-state index in [1.165, 1.54) is 6.08 Å². The highest BCUT2D eigenvalue weighted by molar-refractivity contribution is 5.95. The van der Waals surface area contributed by atoms with Crippen LogP contribution in [0.25, 0.3) is 0 Å². The number of esters is 1. The molecule has 2 aliphatic rings. The molecule has 23 heavy (non-hydrogen) atoms. The monoisotopic (exact) mass is 324 g/mol. The predicted octanol–water partition coefficient (Wildman–Crippen LogP) is 2.76. The van der Waals surface area contributed by atoms with Gasteiger partial charge < -0.3 is 14.9 Å². The molecule has 0 radical (unpaired) electrons. The second-order valence-electron chi connectivity index (χ2n) is 6.46. The Kier molecular flexibility index (Phi) is 6.19. The Balaban J connectivity index is 2.05. The van der Waals surface area contributed by atoms with Gasteiger partial charge in [-0.3, -0.25) is 9.59 Å². The topological polar surface area (TPSA) is 101 Å². The third-order valence-electron chi connectivity index (χ3n) is 4.71. The lowest BCUT2D eigenvalue weighted by atomic mass is 9.91. The van der Waals surface area contributed by atoms with Gasteiger partial charge in [0.05, 0.1) is 12.3 Å². The molecule has 0 aromatic rings. The summed E-state index contributed by atoms with van der Waals surface area (Å²) in [6, 6.07) is 0. The first-order valence-electron chi connectivity index (χ1n) is 8.34. The van der Waals surface area contributed by atoms with E-state index in [1.807, 2.05) is 0 Å². The number of hydrogen-bond acceptors (Lipinski definition) is 4. The number of rotatable bonds is 7. The predicted molar refractivity (Wildman–Crippen MR) is 81.8 cm³/mol. The van der Waals surface area contributed by atoms with Gasteiger partial charge in [-0.2, -0.15) is 0 Å². The summed E-state index contributed by atoms with van der Waals surface area (Å²) < 4.78 is 5.27. The molecule has 128 valence electrons. The molecular weight excluding hydrogens is 300 g/mol. The summed E-state index contributed by atoms with van der Waals surface area (Å²) in [6.07, 6.45) is 8.36. The van der Waals surface area contributed by atoms with Gasteiger partial charge in [0, 0.05) is 5.57 Å². The van der Waals surface area contributed by atoms with E-state index in [4.69, 9.17) is 4.74 Å². The summed E-state index contributed by atoms with van der Waals surface area (Å²) in [7, 11) is 0. The van der Waals surface area contributed by atoms with Crippen LogP contribution >= 0.6 is 0 Å². The first kappa shape index (κ1) is 17.5. The Morgan fingerprint density at radius 2 is 1.57 bits per heavy atom. The van der Waals surface area contributed by atoms with Crippen LogP contribution < -0.4 is 0 Å². The van der Waals surface area contributed by atoms with Gasteiger partial charge in [0.15, 0.2) is 0 Å². The number of carboxylic acids is 2. The van der Waals surface area contributed by atoms with E-state index >= 15 is 0 Å². The maximum absolute atomic E-state index is 12.0. The van der Waals surface area contributed by atoms with Crippen molar-refractivity contribution in [3.8, 4) is 0 Å². The van der Waals surface area contributed by atoms with E-state index in [9.17, 15) is 24.6 Å². The van der Waals surface area contributed by atoms with E-state index in [0.29, 0.717) is 0 Å². The number of ether oxygens (including phenoxy) is 1. The minimum absolute atomic E-state index is 0.0915. The summed E-state index contributed by atoms with van der Waals surface area (Å²) >= 11 is 0. The van der Waals surface area contributed by atoms with Crippen molar-refractivity contribution in [1.82, 2.24) is 0 Å². The third-order valence-corrected chi connectivity index (χ3v) is 4.71. The standard InChI is InChI=1S/C17H24O6/c18-15(23-12-7-3-4-8-12)10-14(17(21)22)13(16(19)20)9-11-5-1-2-6-11/h9,11-12,14H,1-8,10H2,(H,19,20)(H,21,22). The molecule has 1 unspecified atom stereocenters. The molecule has 0 aliphatic heterocycles. The highest BCUT2D eigenvalue weighted by Crippen LogP contribution is 2.30. The Hall–Kier alpha value is -1.85. The van der Waals surface area contributed by atoms with Crippen molar-refractivity contribution in [3.05, 3.63) is 11.6 Å². The van der Waals surface area contributed by atoms with Crippen molar-refractivity contribution in [1.29, 1.82) is 0 Å². The molecule has 0 spiro atoms. The van der Waals surface area contributed by atoms with E-state index in [2.05, 4.69) is 0 Å². The fourth-order valence-corrected chi connectivity index (χ4v) is 3.45. The van der Waals surface area contributed by atoms with Crippen LogP contribution in [-0.4, -0.2) is 34.2 Å². The molecule has 2 rings (SSSR count). The number of aliphatic carboxylic acids is 2. The molecule has 6 heteroatoms. The maximum atomic E-state index is 12.0. The molecule has 0 aromatic carbocycles. The average molecular weight is 324 g/mol. The zero-order valence-corrected chi connectivity index (χ0v) is 13.2. The first-order chi connectivity index (χ1) is 11.0. The molecule has 0 saturated heterocycles. The Morgan fingerprint density at radius 1 is 1.00 bits per heavy atom. The molecular formula is C17H24O6. The summed E-state index contributed by atoms with van der Waals surface area (Å²) in [5.74, 6) is -4.43. The Bertz CT molecular complexity index is 483. The summed E-state index contributed by atoms with van der Waals surface area (Å²) in [4.78, 5) is 34.9. The average Bonchev–Trinajstić information content (AvgIpc) is 3.15. The lowest BCUT2D eigenvalue weighted by Crippen LogP contribution is -2.27. The SMILES string of the molecule is O=C(CC(C(=O)O)C(=CC1CCCC1)C(=O)O)OC1CCCC1. The van der Waals surface area contributed by atoms with E-state index in [0.717, 1.165) is 51.4 Å². The smallest absolute Gasteiger partial charge is 0.332 e. The van der Waals surface area contributed by atoms with Gasteiger partial charge in [0.25, 0.3) is 0 Å². The minimum atomic E-state index is -1.35. The third kappa shape index (κ3) is 5.08. The highest BCUT2D eigenvalue weighted by Gasteiger charge is 2.32.